The Morgan fingerprint density at radius 1 is 1.27 bits per heavy atom. The monoisotopic (exact) mass is 363 g/mol. The molecule has 0 radical (unpaired) electrons. The van der Waals surface area contributed by atoms with E-state index in [9.17, 15) is 9.59 Å². The van der Waals surface area contributed by atoms with Crippen LogP contribution in [0.4, 0.5) is 0 Å². The van der Waals surface area contributed by atoms with Crippen LogP contribution in [0.5, 0.6) is 0 Å². The van der Waals surface area contributed by atoms with Gasteiger partial charge in [-0.1, -0.05) is 0 Å². The number of ether oxygens (including phenoxy) is 1. The minimum atomic E-state index is -0.00410. The van der Waals surface area contributed by atoms with Crippen molar-refractivity contribution in [2.24, 2.45) is 0 Å². The Balaban J connectivity index is 1.51. The smallest absolute Gasteiger partial charge is 0.257 e. The van der Waals surface area contributed by atoms with E-state index in [0.717, 1.165) is 52.2 Å². The second kappa shape index (κ2) is 8.68. The molecule has 1 unspecified atom stereocenters. The summed E-state index contributed by atoms with van der Waals surface area (Å²) in [7, 11) is 0. The second-order valence-electron chi connectivity index (χ2n) is 7.10. The van der Waals surface area contributed by atoms with Crippen molar-refractivity contribution in [2.45, 2.75) is 32.7 Å². The number of morpholine rings is 1. The third kappa shape index (κ3) is 4.45. The van der Waals surface area contributed by atoms with E-state index in [1.165, 1.54) is 0 Å². The lowest BCUT2D eigenvalue weighted by atomic mass is 10.2. The SMILES string of the molecule is CC(=O)N(CCCN1CCOCC1)C1CCN(C(=O)c2ccoc2C)C1. The first-order valence-electron chi connectivity index (χ1n) is 9.47. The summed E-state index contributed by atoms with van der Waals surface area (Å²) in [6, 6.07) is 1.82. The van der Waals surface area contributed by atoms with E-state index in [1.807, 2.05) is 9.80 Å². The summed E-state index contributed by atoms with van der Waals surface area (Å²) in [6.07, 6.45) is 3.33. The van der Waals surface area contributed by atoms with Gasteiger partial charge in [0, 0.05) is 46.2 Å². The number of furan rings is 1. The first kappa shape index (κ1) is 18.9. The van der Waals surface area contributed by atoms with Gasteiger partial charge in [-0.2, -0.15) is 0 Å². The molecule has 0 aromatic carbocycles. The molecule has 0 aliphatic carbocycles. The van der Waals surface area contributed by atoms with E-state index in [2.05, 4.69) is 4.90 Å². The van der Waals surface area contributed by atoms with Crippen molar-refractivity contribution >= 4 is 11.8 Å². The normalized spacial score (nSPS) is 21.2. The number of nitrogens with zero attached hydrogens (tertiary/aromatic N) is 3. The van der Waals surface area contributed by atoms with E-state index < -0.39 is 0 Å². The molecule has 1 aromatic heterocycles. The first-order valence-corrected chi connectivity index (χ1v) is 9.47. The molecule has 1 aromatic rings. The van der Waals surface area contributed by atoms with Crippen molar-refractivity contribution in [3.8, 4) is 0 Å². The summed E-state index contributed by atoms with van der Waals surface area (Å²) in [6.45, 7) is 9.95. The Labute approximate surface area is 154 Å². The van der Waals surface area contributed by atoms with Gasteiger partial charge in [-0.15, -0.1) is 0 Å². The zero-order valence-electron chi connectivity index (χ0n) is 15.8. The van der Waals surface area contributed by atoms with E-state index in [-0.39, 0.29) is 17.9 Å². The fourth-order valence-electron chi connectivity index (χ4n) is 3.84. The number of carbonyl (C=O) groups is 2. The zero-order chi connectivity index (χ0) is 18.5. The molecule has 2 aliphatic rings. The highest BCUT2D eigenvalue weighted by molar-refractivity contribution is 5.95. The second-order valence-corrected chi connectivity index (χ2v) is 7.10. The van der Waals surface area contributed by atoms with Crippen LogP contribution in [-0.2, 0) is 9.53 Å². The van der Waals surface area contributed by atoms with E-state index >= 15 is 0 Å². The van der Waals surface area contributed by atoms with Crippen LogP contribution in [0, 0.1) is 6.92 Å². The summed E-state index contributed by atoms with van der Waals surface area (Å²) in [5.41, 5.74) is 0.618. The molecule has 2 aliphatic heterocycles. The van der Waals surface area contributed by atoms with Crippen molar-refractivity contribution in [1.82, 2.24) is 14.7 Å². The van der Waals surface area contributed by atoms with Crippen molar-refractivity contribution in [1.29, 1.82) is 0 Å². The van der Waals surface area contributed by atoms with Crippen LogP contribution in [0.3, 0.4) is 0 Å². The molecule has 0 bridgehead atoms. The van der Waals surface area contributed by atoms with Crippen molar-refractivity contribution < 1.29 is 18.7 Å². The molecule has 0 spiro atoms. The molecule has 144 valence electrons. The molecule has 3 heterocycles. The number of likely N-dealkylation sites (tertiary alicyclic amines) is 1. The summed E-state index contributed by atoms with van der Waals surface area (Å²) in [5.74, 6) is 0.730. The van der Waals surface area contributed by atoms with Crippen molar-refractivity contribution in [3.05, 3.63) is 23.7 Å². The van der Waals surface area contributed by atoms with Gasteiger partial charge < -0.3 is 19.0 Å². The molecule has 26 heavy (non-hydrogen) atoms. The third-order valence-corrected chi connectivity index (χ3v) is 5.36. The van der Waals surface area contributed by atoms with Gasteiger partial charge in [-0.25, -0.2) is 0 Å². The van der Waals surface area contributed by atoms with Gasteiger partial charge in [-0.05, 0) is 25.8 Å². The molecule has 0 N–H and O–H groups in total. The molecule has 7 heteroatoms. The lowest BCUT2D eigenvalue weighted by Gasteiger charge is -2.30. The minimum Gasteiger partial charge on any atom is -0.469 e. The Kier molecular flexibility index (Phi) is 6.32. The summed E-state index contributed by atoms with van der Waals surface area (Å²) in [4.78, 5) is 30.9. The van der Waals surface area contributed by atoms with Crippen molar-refractivity contribution in [2.75, 3.05) is 52.5 Å². The largest absolute Gasteiger partial charge is 0.469 e. The van der Waals surface area contributed by atoms with Gasteiger partial charge in [0.15, 0.2) is 0 Å². The average Bonchev–Trinajstić information content (AvgIpc) is 3.28. The lowest BCUT2D eigenvalue weighted by molar-refractivity contribution is -0.131. The maximum atomic E-state index is 12.6. The number of carbonyl (C=O) groups excluding carboxylic acids is 2. The topological polar surface area (TPSA) is 66.2 Å². The molecule has 2 fully saturated rings. The fourth-order valence-corrected chi connectivity index (χ4v) is 3.84. The number of hydrogen-bond acceptors (Lipinski definition) is 5. The highest BCUT2D eigenvalue weighted by atomic mass is 16.5. The van der Waals surface area contributed by atoms with Gasteiger partial charge in [0.1, 0.15) is 5.76 Å². The van der Waals surface area contributed by atoms with Crippen LogP contribution in [0.2, 0.25) is 0 Å². The highest BCUT2D eigenvalue weighted by Crippen LogP contribution is 2.20. The highest BCUT2D eigenvalue weighted by Gasteiger charge is 2.32. The molecule has 0 saturated carbocycles. The van der Waals surface area contributed by atoms with Crippen LogP contribution in [0.15, 0.2) is 16.7 Å². The molecule has 2 amide bonds. The molecular weight excluding hydrogens is 334 g/mol. The number of amides is 2. The van der Waals surface area contributed by atoms with Crippen LogP contribution in [0.1, 0.15) is 35.9 Å². The van der Waals surface area contributed by atoms with E-state index in [4.69, 9.17) is 9.15 Å². The van der Waals surface area contributed by atoms with E-state index in [0.29, 0.717) is 24.4 Å². The predicted octanol–water partition coefficient (Wildman–Crippen LogP) is 1.37. The Morgan fingerprint density at radius 2 is 2.04 bits per heavy atom. The van der Waals surface area contributed by atoms with Crippen LogP contribution in [-0.4, -0.2) is 85.0 Å². The molecule has 3 rings (SSSR count). The summed E-state index contributed by atoms with van der Waals surface area (Å²) < 4.78 is 10.6. The first-order chi connectivity index (χ1) is 12.6. The van der Waals surface area contributed by atoms with Gasteiger partial charge in [0.2, 0.25) is 5.91 Å². The van der Waals surface area contributed by atoms with Gasteiger partial charge >= 0.3 is 0 Å². The Morgan fingerprint density at radius 3 is 2.69 bits per heavy atom. The standard InChI is InChI=1S/C19H29N3O4/c1-15-18(5-11-26-15)19(24)21-8-4-17(14-21)22(16(2)23)7-3-6-20-9-12-25-13-10-20/h5,11,17H,3-4,6-10,12-14H2,1-2H3. The zero-order valence-corrected chi connectivity index (χ0v) is 15.8. The lowest BCUT2D eigenvalue weighted by Crippen LogP contribution is -2.43. The fraction of sp³-hybridized carbons (Fsp3) is 0.684. The van der Waals surface area contributed by atoms with Crippen LogP contribution >= 0.6 is 0 Å². The molecular formula is C19H29N3O4. The predicted molar refractivity (Wildman–Crippen MR) is 97.0 cm³/mol. The average molecular weight is 363 g/mol. The molecule has 2 saturated heterocycles. The molecule has 7 nitrogen and oxygen atoms in total. The summed E-state index contributed by atoms with van der Waals surface area (Å²) in [5, 5.41) is 0. The molecule has 1 atom stereocenters. The Hall–Kier alpha value is -1.86. The van der Waals surface area contributed by atoms with Gasteiger partial charge in [0.05, 0.1) is 31.1 Å². The Bertz CT molecular complexity index is 624. The van der Waals surface area contributed by atoms with Gasteiger partial charge in [-0.3, -0.25) is 14.5 Å². The number of aryl methyl sites for hydroxylation is 1. The quantitative estimate of drug-likeness (QED) is 0.764. The number of hydrogen-bond donors (Lipinski definition) is 0. The minimum absolute atomic E-state index is 0.00410. The number of rotatable bonds is 6. The van der Waals surface area contributed by atoms with Gasteiger partial charge in [0.25, 0.3) is 5.91 Å². The van der Waals surface area contributed by atoms with Crippen LogP contribution in [0.25, 0.3) is 0 Å². The van der Waals surface area contributed by atoms with Crippen molar-refractivity contribution in [3.63, 3.8) is 0 Å². The van der Waals surface area contributed by atoms with Crippen LogP contribution < -0.4 is 0 Å². The maximum Gasteiger partial charge on any atom is 0.257 e. The summed E-state index contributed by atoms with van der Waals surface area (Å²) >= 11 is 0. The third-order valence-electron chi connectivity index (χ3n) is 5.36. The van der Waals surface area contributed by atoms with E-state index in [1.54, 1.807) is 26.2 Å². The maximum absolute atomic E-state index is 12.6.